The van der Waals surface area contributed by atoms with Gasteiger partial charge in [-0.05, 0) is 0 Å². The molecule has 0 rings (SSSR count). The predicted octanol–water partition coefficient (Wildman–Crippen LogP) is 8.24. The van der Waals surface area contributed by atoms with E-state index in [9.17, 15) is 19.2 Å². The van der Waals surface area contributed by atoms with Crippen molar-refractivity contribution < 1.29 is 34.8 Å². The number of hydrogen-bond donors (Lipinski definition) is 0. The molecule has 0 saturated heterocycles. The molecule has 8 nitrogen and oxygen atoms in total. The molecule has 0 aromatic heterocycles. The second-order valence-electron chi connectivity index (χ2n) is 14.3. The van der Waals surface area contributed by atoms with Crippen LogP contribution in [-0.4, -0.2) is 56.3 Å². The summed E-state index contributed by atoms with van der Waals surface area (Å²) in [5.41, 5.74) is 0.238. The summed E-state index contributed by atoms with van der Waals surface area (Å²) in [5, 5.41) is 0. The molecule has 0 heterocycles. The molecule has 0 radical (unpaired) electrons. The summed E-state index contributed by atoms with van der Waals surface area (Å²) in [5.74, 6) is -2.05. The molecule has 248 valence electrons. The van der Waals surface area contributed by atoms with Crippen LogP contribution in [0.1, 0.15) is 121 Å². The molecular weight excluding hydrogens is 655 g/mol. The van der Waals surface area contributed by atoms with Crippen LogP contribution in [0.3, 0.4) is 0 Å². The van der Waals surface area contributed by atoms with Crippen molar-refractivity contribution in [3.63, 3.8) is 0 Å². The molecule has 0 aromatic carbocycles. The summed E-state index contributed by atoms with van der Waals surface area (Å²) in [7, 11) is 0. The second-order valence-corrected chi connectivity index (χ2v) is 23.5. The Bertz CT molecular complexity index is 836. The van der Waals surface area contributed by atoms with Crippen LogP contribution in [0, 0.1) is 22.7 Å². The van der Waals surface area contributed by atoms with Gasteiger partial charge in [0.1, 0.15) is 0 Å². The van der Waals surface area contributed by atoms with E-state index in [1.54, 1.807) is 0 Å². The van der Waals surface area contributed by atoms with E-state index < -0.39 is 43.1 Å². The molecular formula is C34H60O8Sn. The summed E-state index contributed by atoms with van der Waals surface area (Å²) in [4.78, 5) is 50.3. The van der Waals surface area contributed by atoms with Gasteiger partial charge in [0, 0.05) is 0 Å². The van der Waals surface area contributed by atoms with Crippen LogP contribution in [0.2, 0.25) is 8.87 Å². The fraction of sp³-hybridized carbons (Fsp3) is 0.765. The third-order valence-corrected chi connectivity index (χ3v) is 16.0. The quantitative estimate of drug-likeness (QED) is 0.0538. The Kier molecular flexibility index (Phi) is 20.1. The molecule has 2 atom stereocenters. The van der Waals surface area contributed by atoms with Crippen molar-refractivity contribution in [1.29, 1.82) is 0 Å². The normalized spacial score (nSPS) is 15.1. The van der Waals surface area contributed by atoms with E-state index in [0.717, 1.165) is 75.7 Å². The van der Waals surface area contributed by atoms with Crippen LogP contribution in [0.25, 0.3) is 0 Å². The van der Waals surface area contributed by atoms with Crippen LogP contribution in [-0.2, 0) is 34.8 Å². The van der Waals surface area contributed by atoms with Crippen LogP contribution >= 0.6 is 0 Å². The maximum atomic E-state index is 13.1. The van der Waals surface area contributed by atoms with E-state index in [2.05, 4.69) is 55.4 Å². The Morgan fingerprint density at radius 2 is 0.930 bits per heavy atom. The van der Waals surface area contributed by atoms with Crippen LogP contribution in [0.5, 0.6) is 0 Å². The molecule has 2 unspecified atom stereocenters. The van der Waals surface area contributed by atoms with Crippen LogP contribution < -0.4 is 0 Å². The van der Waals surface area contributed by atoms with E-state index in [-0.39, 0.29) is 24.0 Å². The minimum absolute atomic E-state index is 0.119. The van der Waals surface area contributed by atoms with Crippen molar-refractivity contribution in [3.05, 3.63) is 24.3 Å². The molecule has 0 spiro atoms. The van der Waals surface area contributed by atoms with E-state index in [1.807, 2.05) is 13.8 Å². The zero-order chi connectivity index (χ0) is 33.1. The molecule has 0 aliphatic carbocycles. The zero-order valence-electron chi connectivity index (χ0n) is 28.7. The van der Waals surface area contributed by atoms with Crippen molar-refractivity contribution in [2.45, 2.75) is 129 Å². The van der Waals surface area contributed by atoms with Gasteiger partial charge in [-0.25, -0.2) is 0 Å². The van der Waals surface area contributed by atoms with Gasteiger partial charge in [-0.2, -0.15) is 0 Å². The summed E-state index contributed by atoms with van der Waals surface area (Å²) in [6.45, 7) is 22.0. The van der Waals surface area contributed by atoms with Gasteiger partial charge in [-0.1, -0.05) is 0 Å². The zero-order valence-corrected chi connectivity index (χ0v) is 31.6. The molecule has 0 aromatic rings. The van der Waals surface area contributed by atoms with Gasteiger partial charge in [0.05, 0.1) is 0 Å². The SMILES string of the molecule is CCCCOC(=O)C=CC(=O)[O][Sn]([CH2]CC(C)CC(C)(C)C)([CH2]CC(C)CC(C)(C)C)[O]C(=O)C=CC(=O)OCCCC. The maximum absolute atomic E-state index is 13.1. The van der Waals surface area contributed by atoms with E-state index >= 15 is 0 Å². The Labute approximate surface area is 266 Å². The van der Waals surface area contributed by atoms with Gasteiger partial charge in [0.25, 0.3) is 0 Å². The first-order valence-electron chi connectivity index (χ1n) is 16.1. The van der Waals surface area contributed by atoms with Crippen molar-refractivity contribution in [2.75, 3.05) is 13.2 Å². The second kappa shape index (κ2) is 21.0. The van der Waals surface area contributed by atoms with Crippen molar-refractivity contribution >= 4 is 43.1 Å². The van der Waals surface area contributed by atoms with Gasteiger partial charge in [-0.15, -0.1) is 0 Å². The Morgan fingerprint density at radius 3 is 1.23 bits per heavy atom. The molecule has 0 amide bonds. The summed E-state index contributed by atoms with van der Waals surface area (Å²) in [6, 6.07) is 0. The monoisotopic (exact) mass is 716 g/mol. The fourth-order valence-corrected chi connectivity index (χ4v) is 14.8. The minimum atomic E-state index is -4.50. The number of esters is 2. The third kappa shape index (κ3) is 23.2. The third-order valence-electron chi connectivity index (χ3n) is 6.73. The molecule has 9 heteroatoms. The average Bonchev–Trinajstić information content (AvgIpc) is 2.87. The van der Waals surface area contributed by atoms with Crippen molar-refractivity contribution in [2.24, 2.45) is 22.7 Å². The van der Waals surface area contributed by atoms with Crippen molar-refractivity contribution in [1.82, 2.24) is 0 Å². The van der Waals surface area contributed by atoms with Gasteiger partial charge in [-0.3, -0.25) is 0 Å². The average molecular weight is 716 g/mol. The van der Waals surface area contributed by atoms with Gasteiger partial charge in [0.2, 0.25) is 0 Å². The van der Waals surface area contributed by atoms with Gasteiger partial charge < -0.3 is 0 Å². The number of rotatable bonds is 20. The first-order chi connectivity index (χ1) is 19.9. The standard InChI is InChI=1S/2C9H19.2C8H12O4.Sn/c2*1-6-8(2)7-9(3,4)5;2*1-2-3-6-12-8(11)5-4-7(9)10;/h2*8H,1,6-7H2,2-5H3;2*4-5H,2-3,6H2,1H3,(H,9,10);/q;;;;+2/p-2. The first-order valence-corrected chi connectivity index (χ1v) is 22.4. The molecule has 0 saturated carbocycles. The number of carbonyl (C=O) groups excluding carboxylic acids is 4. The van der Waals surface area contributed by atoms with E-state index in [1.165, 1.54) is 0 Å². The van der Waals surface area contributed by atoms with E-state index in [0.29, 0.717) is 20.7 Å². The van der Waals surface area contributed by atoms with Gasteiger partial charge >= 0.3 is 268 Å². The topological polar surface area (TPSA) is 105 Å². The van der Waals surface area contributed by atoms with Crippen LogP contribution in [0.4, 0.5) is 0 Å². The fourth-order valence-electron chi connectivity index (χ4n) is 5.01. The van der Waals surface area contributed by atoms with E-state index in [4.69, 9.17) is 15.6 Å². The number of unbranched alkanes of at least 4 members (excludes halogenated alkanes) is 2. The summed E-state index contributed by atoms with van der Waals surface area (Å²) in [6.07, 6.45) is 10.9. The number of carbonyl (C=O) groups is 4. The summed E-state index contributed by atoms with van der Waals surface area (Å²) < 4.78 is 23.4. The van der Waals surface area contributed by atoms with Gasteiger partial charge in [0.15, 0.2) is 0 Å². The molecule has 0 aliphatic rings. The number of ether oxygens (including phenoxy) is 2. The predicted molar refractivity (Wildman–Crippen MR) is 173 cm³/mol. The van der Waals surface area contributed by atoms with Crippen molar-refractivity contribution in [3.8, 4) is 0 Å². The Hall–Kier alpha value is -1.84. The first kappa shape index (κ1) is 41.2. The molecule has 0 bridgehead atoms. The molecule has 0 aliphatic heterocycles. The van der Waals surface area contributed by atoms with Crippen LogP contribution in [0.15, 0.2) is 24.3 Å². The number of hydrogen-bond acceptors (Lipinski definition) is 8. The summed E-state index contributed by atoms with van der Waals surface area (Å²) >= 11 is -4.50. The Balaban J connectivity index is 6.11. The molecule has 0 fully saturated rings. The molecule has 0 N–H and O–H groups in total. The Morgan fingerprint density at radius 1 is 0.605 bits per heavy atom. The molecule has 43 heavy (non-hydrogen) atoms.